The molecule has 1 amide bonds. The standard InChI is InChI=1S/C23H35N3O/c1-18-6-4-7-19(16-18)17-26-14-12-25(13-15-26)11-5-9-21-20-8-2-3-10-22(20)24-23(21)27/h4,6-7,16,20-22H,2-3,5,8-15,17H2,1H3,(H,24,27)/t20-,21?,22+/m0/s1. The number of hydrogen-bond acceptors (Lipinski definition) is 3. The summed E-state index contributed by atoms with van der Waals surface area (Å²) in [5.41, 5.74) is 2.78. The number of benzene rings is 1. The van der Waals surface area contributed by atoms with Gasteiger partial charge < -0.3 is 10.2 Å². The first-order valence-corrected chi connectivity index (χ1v) is 11.0. The van der Waals surface area contributed by atoms with E-state index in [0.717, 1.165) is 45.7 Å². The second-order valence-electron chi connectivity index (χ2n) is 8.92. The second-order valence-corrected chi connectivity index (χ2v) is 8.92. The Morgan fingerprint density at radius 2 is 1.85 bits per heavy atom. The highest BCUT2D eigenvalue weighted by Gasteiger charge is 2.42. The molecule has 0 spiro atoms. The van der Waals surface area contributed by atoms with Crippen molar-refractivity contribution >= 4 is 5.91 Å². The summed E-state index contributed by atoms with van der Waals surface area (Å²) in [5, 5.41) is 3.27. The predicted molar refractivity (Wildman–Crippen MR) is 110 cm³/mol. The third-order valence-electron chi connectivity index (χ3n) is 6.94. The van der Waals surface area contributed by atoms with Crippen LogP contribution in [0.1, 0.15) is 49.7 Å². The lowest BCUT2D eigenvalue weighted by Gasteiger charge is -2.35. The fourth-order valence-corrected chi connectivity index (χ4v) is 5.42. The summed E-state index contributed by atoms with van der Waals surface area (Å²) in [4.78, 5) is 17.5. The zero-order valence-electron chi connectivity index (χ0n) is 16.8. The molecule has 1 aliphatic carbocycles. The van der Waals surface area contributed by atoms with Crippen molar-refractivity contribution in [3.8, 4) is 0 Å². The van der Waals surface area contributed by atoms with Crippen LogP contribution < -0.4 is 5.32 Å². The lowest BCUT2D eigenvalue weighted by Crippen LogP contribution is -2.46. The molecule has 3 fully saturated rings. The summed E-state index contributed by atoms with van der Waals surface area (Å²) in [6, 6.07) is 9.36. The van der Waals surface area contributed by atoms with Crippen molar-refractivity contribution in [2.24, 2.45) is 11.8 Å². The first kappa shape index (κ1) is 18.9. The van der Waals surface area contributed by atoms with Gasteiger partial charge in [0.05, 0.1) is 0 Å². The van der Waals surface area contributed by atoms with Crippen LogP contribution in [-0.2, 0) is 11.3 Å². The summed E-state index contributed by atoms with van der Waals surface area (Å²) in [6.45, 7) is 9.02. The summed E-state index contributed by atoms with van der Waals surface area (Å²) < 4.78 is 0. The molecule has 2 heterocycles. The number of rotatable bonds is 6. The van der Waals surface area contributed by atoms with Gasteiger partial charge in [-0.25, -0.2) is 0 Å². The molecule has 2 saturated heterocycles. The SMILES string of the molecule is Cc1cccc(CN2CCN(CCCC3C(=O)N[C@@H]4CCCC[C@@H]34)CC2)c1. The summed E-state index contributed by atoms with van der Waals surface area (Å²) in [5.74, 6) is 1.25. The van der Waals surface area contributed by atoms with Gasteiger partial charge in [-0.15, -0.1) is 0 Å². The van der Waals surface area contributed by atoms with E-state index in [1.807, 2.05) is 0 Å². The maximum Gasteiger partial charge on any atom is 0.223 e. The minimum atomic E-state index is 0.290. The summed E-state index contributed by atoms with van der Waals surface area (Å²) in [7, 11) is 0. The van der Waals surface area contributed by atoms with Crippen molar-refractivity contribution in [1.29, 1.82) is 0 Å². The molecule has 27 heavy (non-hydrogen) atoms. The number of nitrogens with one attached hydrogen (secondary N) is 1. The van der Waals surface area contributed by atoms with Crippen LogP contribution in [0.3, 0.4) is 0 Å². The fourth-order valence-electron chi connectivity index (χ4n) is 5.42. The molecule has 1 aromatic rings. The van der Waals surface area contributed by atoms with Crippen molar-refractivity contribution in [3.63, 3.8) is 0 Å². The van der Waals surface area contributed by atoms with Gasteiger partial charge in [0, 0.05) is 44.7 Å². The highest BCUT2D eigenvalue weighted by atomic mass is 16.2. The van der Waals surface area contributed by atoms with Crippen LogP contribution in [0.25, 0.3) is 0 Å². The van der Waals surface area contributed by atoms with Crippen LogP contribution in [0.5, 0.6) is 0 Å². The molecular weight excluding hydrogens is 334 g/mol. The van der Waals surface area contributed by atoms with Gasteiger partial charge >= 0.3 is 0 Å². The van der Waals surface area contributed by atoms with Gasteiger partial charge in [0.1, 0.15) is 0 Å². The second kappa shape index (κ2) is 8.74. The van der Waals surface area contributed by atoms with E-state index in [-0.39, 0.29) is 5.92 Å². The van der Waals surface area contributed by atoms with E-state index >= 15 is 0 Å². The Kier molecular flexibility index (Phi) is 6.14. The number of nitrogens with zero attached hydrogens (tertiary/aromatic N) is 2. The van der Waals surface area contributed by atoms with Gasteiger partial charge in [0.15, 0.2) is 0 Å². The van der Waals surface area contributed by atoms with Gasteiger partial charge in [-0.2, -0.15) is 0 Å². The zero-order valence-corrected chi connectivity index (χ0v) is 16.8. The van der Waals surface area contributed by atoms with Gasteiger partial charge in [0.25, 0.3) is 0 Å². The number of aryl methyl sites for hydroxylation is 1. The van der Waals surface area contributed by atoms with E-state index in [2.05, 4.69) is 46.3 Å². The molecule has 0 radical (unpaired) electrons. The molecule has 3 aliphatic rings. The first-order chi connectivity index (χ1) is 13.2. The minimum Gasteiger partial charge on any atom is -0.353 e. The molecule has 0 bridgehead atoms. The number of carbonyl (C=O) groups excluding carboxylic acids is 1. The van der Waals surface area contributed by atoms with Crippen LogP contribution in [0.2, 0.25) is 0 Å². The predicted octanol–water partition coefficient (Wildman–Crippen LogP) is 3.20. The van der Waals surface area contributed by atoms with Crippen molar-refractivity contribution < 1.29 is 4.79 Å². The molecular formula is C23H35N3O. The largest absolute Gasteiger partial charge is 0.353 e. The van der Waals surface area contributed by atoms with Crippen molar-refractivity contribution in [2.45, 2.75) is 58.0 Å². The number of fused-ring (bicyclic) bond motifs is 1. The van der Waals surface area contributed by atoms with Crippen molar-refractivity contribution in [2.75, 3.05) is 32.7 Å². The van der Waals surface area contributed by atoms with Crippen LogP contribution in [0, 0.1) is 18.8 Å². The average Bonchev–Trinajstić information content (AvgIpc) is 2.99. The minimum absolute atomic E-state index is 0.290. The van der Waals surface area contributed by atoms with Gasteiger partial charge in [0.2, 0.25) is 5.91 Å². The quantitative estimate of drug-likeness (QED) is 0.836. The third-order valence-corrected chi connectivity index (χ3v) is 6.94. The Hall–Kier alpha value is -1.39. The number of hydrogen-bond donors (Lipinski definition) is 1. The highest BCUT2D eigenvalue weighted by molar-refractivity contribution is 5.81. The van der Waals surface area contributed by atoms with Crippen LogP contribution in [0.4, 0.5) is 0 Å². The molecule has 4 rings (SSSR count). The van der Waals surface area contributed by atoms with Gasteiger partial charge in [-0.3, -0.25) is 9.69 Å². The van der Waals surface area contributed by atoms with Gasteiger partial charge in [-0.05, 0) is 50.6 Å². The molecule has 148 valence electrons. The van der Waals surface area contributed by atoms with Crippen LogP contribution in [-0.4, -0.2) is 54.5 Å². The lowest BCUT2D eigenvalue weighted by molar-refractivity contribution is -0.123. The summed E-state index contributed by atoms with van der Waals surface area (Å²) >= 11 is 0. The molecule has 0 aromatic heterocycles. The van der Waals surface area contributed by atoms with E-state index in [1.54, 1.807) is 0 Å². The average molecular weight is 370 g/mol. The highest BCUT2D eigenvalue weighted by Crippen LogP contribution is 2.37. The molecule has 3 atom stereocenters. The number of amides is 1. The molecule has 2 aliphatic heterocycles. The van der Waals surface area contributed by atoms with Crippen molar-refractivity contribution in [1.82, 2.24) is 15.1 Å². The molecule has 1 aromatic carbocycles. The van der Waals surface area contributed by atoms with E-state index in [1.165, 1.54) is 43.2 Å². The van der Waals surface area contributed by atoms with E-state index in [9.17, 15) is 4.79 Å². The Balaban J connectivity index is 1.17. The summed E-state index contributed by atoms with van der Waals surface area (Å²) in [6.07, 6.45) is 7.31. The van der Waals surface area contributed by atoms with E-state index < -0.39 is 0 Å². The maximum absolute atomic E-state index is 12.3. The first-order valence-electron chi connectivity index (χ1n) is 11.0. The van der Waals surface area contributed by atoms with Crippen LogP contribution in [0.15, 0.2) is 24.3 Å². The normalized spacial score (nSPS) is 29.5. The number of piperazine rings is 1. The Labute approximate surface area is 164 Å². The van der Waals surface area contributed by atoms with E-state index in [0.29, 0.717) is 17.9 Å². The number of carbonyl (C=O) groups is 1. The molecule has 1 unspecified atom stereocenters. The Morgan fingerprint density at radius 3 is 2.67 bits per heavy atom. The fraction of sp³-hybridized carbons (Fsp3) is 0.696. The smallest absolute Gasteiger partial charge is 0.223 e. The molecule has 4 nitrogen and oxygen atoms in total. The van der Waals surface area contributed by atoms with Crippen molar-refractivity contribution in [3.05, 3.63) is 35.4 Å². The topological polar surface area (TPSA) is 35.6 Å². The Bertz CT molecular complexity index is 638. The monoisotopic (exact) mass is 369 g/mol. The van der Waals surface area contributed by atoms with Gasteiger partial charge in [-0.1, -0.05) is 42.7 Å². The Morgan fingerprint density at radius 1 is 1.07 bits per heavy atom. The molecule has 4 heteroatoms. The third kappa shape index (κ3) is 4.72. The van der Waals surface area contributed by atoms with Crippen LogP contribution >= 0.6 is 0 Å². The lowest BCUT2D eigenvalue weighted by atomic mass is 9.78. The molecule has 1 saturated carbocycles. The molecule has 1 N–H and O–H groups in total. The van der Waals surface area contributed by atoms with E-state index in [4.69, 9.17) is 0 Å². The zero-order chi connectivity index (χ0) is 18.6. The maximum atomic E-state index is 12.3.